The van der Waals surface area contributed by atoms with Crippen molar-refractivity contribution in [2.45, 2.75) is 32.9 Å². The van der Waals surface area contributed by atoms with Crippen LogP contribution in [0, 0.1) is 18.7 Å². The Labute approximate surface area is 89.9 Å². The normalized spacial score (nSPS) is 15.4. The van der Waals surface area contributed by atoms with E-state index in [0.29, 0.717) is 5.56 Å². The summed E-state index contributed by atoms with van der Waals surface area (Å²) in [5.41, 5.74) is 7.48. The van der Waals surface area contributed by atoms with Gasteiger partial charge in [-0.05, 0) is 36.1 Å². The van der Waals surface area contributed by atoms with Gasteiger partial charge in [-0.2, -0.15) is 0 Å². The summed E-state index contributed by atoms with van der Waals surface area (Å²) in [6.45, 7) is 5.64. The fourth-order valence-corrected chi connectivity index (χ4v) is 1.57. The Balaban J connectivity index is 2.99. The largest absolute Gasteiger partial charge is 0.391 e. The number of aryl methyl sites for hydroxylation is 1. The lowest BCUT2D eigenvalue weighted by Crippen LogP contribution is -2.31. The third-order valence-corrected chi connectivity index (χ3v) is 2.65. The van der Waals surface area contributed by atoms with Crippen LogP contribution >= 0.6 is 0 Å². The van der Waals surface area contributed by atoms with Gasteiger partial charge in [0, 0.05) is 0 Å². The fourth-order valence-electron chi connectivity index (χ4n) is 1.57. The van der Waals surface area contributed by atoms with Crippen molar-refractivity contribution < 1.29 is 9.50 Å². The number of benzene rings is 1. The Bertz CT molecular complexity index is 338. The van der Waals surface area contributed by atoms with Crippen LogP contribution in [-0.4, -0.2) is 11.2 Å². The summed E-state index contributed by atoms with van der Waals surface area (Å²) in [6, 6.07) is 3.94. The fraction of sp³-hybridized carbons (Fsp3) is 0.500. The second kappa shape index (κ2) is 4.73. The molecule has 84 valence electrons. The Morgan fingerprint density at radius 2 is 1.93 bits per heavy atom. The first-order valence-corrected chi connectivity index (χ1v) is 5.13. The van der Waals surface area contributed by atoms with Gasteiger partial charge in [-0.3, -0.25) is 0 Å². The number of halogens is 1. The molecule has 0 bridgehead atoms. The maximum absolute atomic E-state index is 13.0. The van der Waals surface area contributed by atoms with Gasteiger partial charge in [0.1, 0.15) is 5.82 Å². The van der Waals surface area contributed by atoms with Crippen LogP contribution in [0.1, 0.15) is 31.0 Å². The minimum absolute atomic E-state index is 0.0580. The molecule has 3 heteroatoms. The third-order valence-electron chi connectivity index (χ3n) is 2.65. The van der Waals surface area contributed by atoms with Gasteiger partial charge in [0.05, 0.1) is 12.1 Å². The van der Waals surface area contributed by atoms with Crippen LogP contribution in [-0.2, 0) is 0 Å². The Kier molecular flexibility index (Phi) is 3.83. The van der Waals surface area contributed by atoms with Crippen molar-refractivity contribution in [3.05, 3.63) is 35.1 Å². The molecule has 0 saturated heterocycles. The maximum Gasteiger partial charge on any atom is 0.123 e. The first-order chi connectivity index (χ1) is 6.93. The van der Waals surface area contributed by atoms with E-state index in [1.807, 2.05) is 20.8 Å². The first-order valence-electron chi connectivity index (χ1n) is 5.13. The molecular formula is C12H18FNO. The number of hydrogen-bond donors (Lipinski definition) is 2. The van der Waals surface area contributed by atoms with Crippen molar-refractivity contribution in [3.63, 3.8) is 0 Å². The van der Waals surface area contributed by atoms with E-state index in [1.54, 1.807) is 6.07 Å². The molecular weight excluding hydrogens is 193 g/mol. The lowest BCUT2D eigenvalue weighted by Gasteiger charge is -2.23. The molecule has 0 saturated carbocycles. The summed E-state index contributed by atoms with van der Waals surface area (Å²) in [6.07, 6.45) is -0.648. The number of nitrogens with two attached hydrogens (primary N) is 1. The van der Waals surface area contributed by atoms with Crippen molar-refractivity contribution in [2.24, 2.45) is 11.7 Å². The number of hydrogen-bond acceptors (Lipinski definition) is 2. The summed E-state index contributed by atoms with van der Waals surface area (Å²) < 4.78 is 13.0. The van der Waals surface area contributed by atoms with Crippen molar-refractivity contribution in [1.82, 2.24) is 0 Å². The SMILES string of the molecule is Cc1ccc(F)cc1[C@@H](N)[C@@H](O)C(C)C. The second-order valence-electron chi connectivity index (χ2n) is 4.26. The van der Waals surface area contributed by atoms with Crippen LogP contribution < -0.4 is 5.73 Å². The summed E-state index contributed by atoms with van der Waals surface area (Å²) >= 11 is 0. The van der Waals surface area contributed by atoms with Crippen LogP contribution in [0.3, 0.4) is 0 Å². The molecule has 15 heavy (non-hydrogen) atoms. The lowest BCUT2D eigenvalue weighted by atomic mass is 9.92. The molecule has 0 aromatic heterocycles. The van der Waals surface area contributed by atoms with Crippen LogP contribution in [0.2, 0.25) is 0 Å². The zero-order chi connectivity index (χ0) is 11.6. The van der Waals surface area contributed by atoms with Gasteiger partial charge in [0.2, 0.25) is 0 Å². The average molecular weight is 211 g/mol. The zero-order valence-corrected chi connectivity index (χ0v) is 9.37. The van der Waals surface area contributed by atoms with E-state index in [1.165, 1.54) is 12.1 Å². The minimum atomic E-state index is -0.648. The van der Waals surface area contributed by atoms with Crippen molar-refractivity contribution in [3.8, 4) is 0 Å². The van der Waals surface area contributed by atoms with Crippen molar-refractivity contribution in [1.29, 1.82) is 0 Å². The smallest absolute Gasteiger partial charge is 0.123 e. The highest BCUT2D eigenvalue weighted by Crippen LogP contribution is 2.23. The molecule has 0 spiro atoms. The molecule has 0 amide bonds. The predicted molar refractivity (Wildman–Crippen MR) is 58.9 cm³/mol. The van der Waals surface area contributed by atoms with Crippen LogP contribution in [0.15, 0.2) is 18.2 Å². The summed E-state index contributed by atoms with van der Waals surface area (Å²) in [7, 11) is 0. The molecule has 1 aromatic rings. The van der Waals surface area contributed by atoms with E-state index < -0.39 is 12.1 Å². The van der Waals surface area contributed by atoms with Gasteiger partial charge in [-0.25, -0.2) is 4.39 Å². The number of rotatable bonds is 3. The average Bonchev–Trinajstić information content (AvgIpc) is 2.19. The molecule has 0 fully saturated rings. The summed E-state index contributed by atoms with van der Waals surface area (Å²) in [5, 5.41) is 9.82. The molecule has 2 nitrogen and oxygen atoms in total. The highest BCUT2D eigenvalue weighted by molar-refractivity contribution is 5.30. The van der Waals surface area contributed by atoms with Gasteiger partial charge < -0.3 is 10.8 Å². The van der Waals surface area contributed by atoms with Crippen LogP contribution in [0.5, 0.6) is 0 Å². The van der Waals surface area contributed by atoms with Gasteiger partial charge in [-0.1, -0.05) is 19.9 Å². The second-order valence-corrected chi connectivity index (χ2v) is 4.26. The zero-order valence-electron chi connectivity index (χ0n) is 9.37. The van der Waals surface area contributed by atoms with E-state index in [4.69, 9.17) is 5.73 Å². The van der Waals surface area contributed by atoms with E-state index in [9.17, 15) is 9.50 Å². The van der Waals surface area contributed by atoms with Crippen LogP contribution in [0.25, 0.3) is 0 Å². The van der Waals surface area contributed by atoms with Gasteiger partial charge in [0.25, 0.3) is 0 Å². The van der Waals surface area contributed by atoms with Crippen molar-refractivity contribution >= 4 is 0 Å². The minimum Gasteiger partial charge on any atom is -0.391 e. The Morgan fingerprint density at radius 3 is 2.47 bits per heavy atom. The topological polar surface area (TPSA) is 46.2 Å². The lowest BCUT2D eigenvalue weighted by molar-refractivity contribution is 0.0976. The van der Waals surface area contributed by atoms with Crippen LogP contribution in [0.4, 0.5) is 4.39 Å². The number of aliphatic hydroxyl groups excluding tert-OH is 1. The van der Waals surface area contributed by atoms with Gasteiger partial charge >= 0.3 is 0 Å². The first kappa shape index (κ1) is 12.1. The van der Waals surface area contributed by atoms with Crippen molar-refractivity contribution in [2.75, 3.05) is 0 Å². The predicted octanol–water partition coefficient (Wildman–Crippen LogP) is 2.15. The molecule has 0 heterocycles. The molecule has 0 radical (unpaired) electrons. The molecule has 0 unspecified atom stereocenters. The Morgan fingerprint density at radius 1 is 1.33 bits per heavy atom. The quantitative estimate of drug-likeness (QED) is 0.804. The van der Waals surface area contributed by atoms with E-state index in [-0.39, 0.29) is 11.7 Å². The third kappa shape index (κ3) is 2.76. The highest BCUT2D eigenvalue weighted by atomic mass is 19.1. The number of aliphatic hydroxyl groups is 1. The van der Waals surface area contributed by atoms with Gasteiger partial charge in [0.15, 0.2) is 0 Å². The van der Waals surface area contributed by atoms with E-state index in [2.05, 4.69) is 0 Å². The molecule has 0 aliphatic heterocycles. The molecule has 0 aliphatic rings. The van der Waals surface area contributed by atoms with E-state index in [0.717, 1.165) is 5.56 Å². The maximum atomic E-state index is 13.0. The van der Waals surface area contributed by atoms with Gasteiger partial charge in [-0.15, -0.1) is 0 Å². The Hall–Kier alpha value is -0.930. The molecule has 3 N–H and O–H groups in total. The standard InChI is InChI=1S/C12H18FNO/c1-7(2)12(15)11(14)10-6-9(13)5-4-8(10)3/h4-7,11-12,15H,14H2,1-3H3/t11-,12+/m1/s1. The molecule has 1 rings (SSSR count). The summed E-state index contributed by atoms with van der Waals surface area (Å²) in [5.74, 6) is -0.260. The summed E-state index contributed by atoms with van der Waals surface area (Å²) in [4.78, 5) is 0. The molecule has 1 aromatic carbocycles. The highest BCUT2D eigenvalue weighted by Gasteiger charge is 2.21. The monoisotopic (exact) mass is 211 g/mol. The molecule has 0 aliphatic carbocycles. The van der Waals surface area contributed by atoms with E-state index >= 15 is 0 Å². The molecule has 2 atom stereocenters.